The second kappa shape index (κ2) is 7.29. The topological polar surface area (TPSA) is 41.6 Å². The average molecular weight is 276 g/mol. The molecule has 2 rings (SSSR count). The van der Waals surface area contributed by atoms with E-state index in [9.17, 15) is 4.79 Å². The van der Waals surface area contributed by atoms with Gasteiger partial charge in [0, 0.05) is 25.7 Å². The molecule has 0 radical (unpaired) electrons. The standard InChI is InChI=1S/C16H24N2O2/c1-3-14-12-18(10-9-17-14)16(19)8-11-20-15-7-5-4-6-13(15)2/h4-7,14,17H,3,8-12H2,1-2H3/t14-/m0/s1. The number of aryl methyl sites for hydroxylation is 1. The molecule has 0 spiro atoms. The molecule has 1 aromatic rings. The maximum atomic E-state index is 12.2. The van der Waals surface area contributed by atoms with Gasteiger partial charge in [-0.05, 0) is 25.0 Å². The zero-order chi connectivity index (χ0) is 14.4. The van der Waals surface area contributed by atoms with Gasteiger partial charge in [0.05, 0.1) is 13.0 Å². The van der Waals surface area contributed by atoms with E-state index in [1.54, 1.807) is 0 Å². The Kier molecular flexibility index (Phi) is 5.41. The minimum atomic E-state index is 0.193. The quantitative estimate of drug-likeness (QED) is 0.894. The van der Waals surface area contributed by atoms with Gasteiger partial charge in [0.25, 0.3) is 0 Å². The molecule has 1 aromatic carbocycles. The fourth-order valence-electron chi connectivity index (χ4n) is 2.45. The minimum absolute atomic E-state index is 0.193. The minimum Gasteiger partial charge on any atom is -0.493 e. The molecule has 1 fully saturated rings. The van der Waals surface area contributed by atoms with Gasteiger partial charge in [0.2, 0.25) is 5.91 Å². The first kappa shape index (κ1) is 14.9. The average Bonchev–Trinajstić information content (AvgIpc) is 2.49. The van der Waals surface area contributed by atoms with E-state index in [0.29, 0.717) is 19.1 Å². The smallest absolute Gasteiger partial charge is 0.226 e. The number of hydrogen-bond acceptors (Lipinski definition) is 3. The molecule has 0 aromatic heterocycles. The van der Waals surface area contributed by atoms with Gasteiger partial charge < -0.3 is 15.0 Å². The van der Waals surface area contributed by atoms with Gasteiger partial charge in [-0.15, -0.1) is 0 Å². The predicted octanol–water partition coefficient (Wildman–Crippen LogP) is 1.97. The predicted molar refractivity (Wildman–Crippen MR) is 80.0 cm³/mol. The molecule has 1 heterocycles. The summed E-state index contributed by atoms with van der Waals surface area (Å²) in [6.45, 7) is 7.12. The molecular formula is C16H24N2O2. The normalized spacial score (nSPS) is 18.9. The maximum absolute atomic E-state index is 12.2. The van der Waals surface area contributed by atoms with Gasteiger partial charge in [0.1, 0.15) is 5.75 Å². The number of carbonyl (C=O) groups is 1. The van der Waals surface area contributed by atoms with Crippen LogP contribution in [0.15, 0.2) is 24.3 Å². The molecule has 1 amide bonds. The molecule has 0 aliphatic carbocycles. The molecule has 0 bridgehead atoms. The molecule has 0 unspecified atom stereocenters. The highest BCUT2D eigenvalue weighted by Crippen LogP contribution is 2.16. The highest BCUT2D eigenvalue weighted by atomic mass is 16.5. The summed E-state index contributed by atoms with van der Waals surface area (Å²) in [6.07, 6.45) is 1.51. The lowest BCUT2D eigenvalue weighted by molar-refractivity contribution is -0.132. The van der Waals surface area contributed by atoms with E-state index in [4.69, 9.17) is 4.74 Å². The van der Waals surface area contributed by atoms with E-state index in [-0.39, 0.29) is 5.91 Å². The summed E-state index contributed by atoms with van der Waals surface area (Å²) in [6, 6.07) is 8.33. The molecule has 20 heavy (non-hydrogen) atoms. The van der Waals surface area contributed by atoms with Crippen molar-refractivity contribution in [3.8, 4) is 5.75 Å². The van der Waals surface area contributed by atoms with E-state index in [2.05, 4.69) is 12.2 Å². The molecule has 110 valence electrons. The summed E-state index contributed by atoms with van der Waals surface area (Å²) in [7, 11) is 0. The first-order valence-corrected chi connectivity index (χ1v) is 7.40. The Balaban J connectivity index is 1.76. The Bertz CT molecular complexity index is 448. The van der Waals surface area contributed by atoms with Crippen molar-refractivity contribution in [1.82, 2.24) is 10.2 Å². The van der Waals surface area contributed by atoms with Crippen LogP contribution in [0.3, 0.4) is 0 Å². The van der Waals surface area contributed by atoms with Gasteiger partial charge in [-0.2, -0.15) is 0 Å². The number of ether oxygens (including phenoxy) is 1. The Morgan fingerprint density at radius 2 is 2.25 bits per heavy atom. The van der Waals surface area contributed by atoms with Crippen LogP contribution >= 0.6 is 0 Å². The summed E-state index contributed by atoms with van der Waals surface area (Å²) in [4.78, 5) is 14.1. The molecule has 1 saturated heterocycles. The number of benzene rings is 1. The largest absolute Gasteiger partial charge is 0.493 e. The first-order valence-electron chi connectivity index (χ1n) is 7.40. The van der Waals surface area contributed by atoms with Crippen LogP contribution in [0.5, 0.6) is 5.75 Å². The third kappa shape index (κ3) is 3.97. The van der Waals surface area contributed by atoms with E-state index < -0.39 is 0 Å². The summed E-state index contributed by atoms with van der Waals surface area (Å²) in [5.41, 5.74) is 1.10. The van der Waals surface area contributed by atoms with E-state index in [0.717, 1.165) is 37.4 Å². The highest BCUT2D eigenvalue weighted by molar-refractivity contribution is 5.76. The SMILES string of the molecule is CC[C@H]1CN(C(=O)CCOc2ccccc2C)CCN1. The maximum Gasteiger partial charge on any atom is 0.226 e. The van der Waals surface area contributed by atoms with Crippen molar-refractivity contribution >= 4 is 5.91 Å². The molecule has 1 aliphatic rings. The van der Waals surface area contributed by atoms with Crippen molar-refractivity contribution in [2.75, 3.05) is 26.2 Å². The number of rotatable bonds is 5. The van der Waals surface area contributed by atoms with Crippen molar-refractivity contribution in [3.63, 3.8) is 0 Å². The van der Waals surface area contributed by atoms with Crippen LogP contribution in [0.1, 0.15) is 25.3 Å². The van der Waals surface area contributed by atoms with Crippen molar-refractivity contribution < 1.29 is 9.53 Å². The fraction of sp³-hybridized carbons (Fsp3) is 0.562. The highest BCUT2D eigenvalue weighted by Gasteiger charge is 2.21. The van der Waals surface area contributed by atoms with Crippen LogP contribution in [0.4, 0.5) is 0 Å². The number of nitrogens with zero attached hydrogens (tertiary/aromatic N) is 1. The van der Waals surface area contributed by atoms with E-state index >= 15 is 0 Å². The Labute approximate surface area is 121 Å². The number of nitrogens with one attached hydrogen (secondary N) is 1. The van der Waals surface area contributed by atoms with E-state index in [1.807, 2.05) is 36.1 Å². The van der Waals surface area contributed by atoms with Crippen LogP contribution in [0.2, 0.25) is 0 Å². The molecular weight excluding hydrogens is 252 g/mol. The Morgan fingerprint density at radius 3 is 3.00 bits per heavy atom. The molecule has 1 N–H and O–H groups in total. The zero-order valence-electron chi connectivity index (χ0n) is 12.4. The van der Waals surface area contributed by atoms with Gasteiger partial charge >= 0.3 is 0 Å². The summed E-state index contributed by atoms with van der Waals surface area (Å²) < 4.78 is 5.69. The number of carbonyl (C=O) groups excluding carboxylic acids is 1. The number of hydrogen-bond donors (Lipinski definition) is 1. The number of para-hydroxylation sites is 1. The van der Waals surface area contributed by atoms with Crippen LogP contribution in [-0.2, 0) is 4.79 Å². The third-order valence-corrected chi connectivity index (χ3v) is 3.77. The summed E-state index contributed by atoms with van der Waals surface area (Å²) in [5, 5.41) is 3.42. The molecule has 1 atom stereocenters. The van der Waals surface area contributed by atoms with Crippen LogP contribution in [0, 0.1) is 6.92 Å². The summed E-state index contributed by atoms with van der Waals surface area (Å²) >= 11 is 0. The van der Waals surface area contributed by atoms with Crippen molar-refractivity contribution in [3.05, 3.63) is 29.8 Å². The molecule has 4 nitrogen and oxygen atoms in total. The summed E-state index contributed by atoms with van der Waals surface area (Å²) in [5.74, 6) is 1.06. The lowest BCUT2D eigenvalue weighted by atomic mass is 10.1. The number of piperazine rings is 1. The first-order chi connectivity index (χ1) is 9.70. The van der Waals surface area contributed by atoms with Crippen LogP contribution < -0.4 is 10.1 Å². The van der Waals surface area contributed by atoms with Crippen molar-refractivity contribution in [2.45, 2.75) is 32.7 Å². The molecule has 0 saturated carbocycles. The third-order valence-electron chi connectivity index (χ3n) is 3.77. The monoisotopic (exact) mass is 276 g/mol. The van der Waals surface area contributed by atoms with Gasteiger partial charge in [0.15, 0.2) is 0 Å². The zero-order valence-corrected chi connectivity index (χ0v) is 12.4. The second-order valence-electron chi connectivity index (χ2n) is 5.26. The molecule has 1 aliphatic heterocycles. The van der Waals surface area contributed by atoms with Gasteiger partial charge in [-0.25, -0.2) is 0 Å². The Morgan fingerprint density at radius 1 is 1.45 bits per heavy atom. The van der Waals surface area contributed by atoms with Crippen molar-refractivity contribution in [2.24, 2.45) is 0 Å². The number of amides is 1. The van der Waals surface area contributed by atoms with Crippen LogP contribution in [0.25, 0.3) is 0 Å². The fourth-order valence-corrected chi connectivity index (χ4v) is 2.45. The molecule has 4 heteroatoms. The van der Waals surface area contributed by atoms with Gasteiger partial charge in [-0.3, -0.25) is 4.79 Å². The Hall–Kier alpha value is -1.55. The second-order valence-corrected chi connectivity index (χ2v) is 5.26. The van der Waals surface area contributed by atoms with Gasteiger partial charge in [-0.1, -0.05) is 25.1 Å². The lowest BCUT2D eigenvalue weighted by Gasteiger charge is -2.33. The van der Waals surface area contributed by atoms with Crippen molar-refractivity contribution in [1.29, 1.82) is 0 Å². The van der Waals surface area contributed by atoms with E-state index in [1.165, 1.54) is 0 Å². The lowest BCUT2D eigenvalue weighted by Crippen LogP contribution is -2.52. The van der Waals surface area contributed by atoms with Crippen LogP contribution in [-0.4, -0.2) is 43.1 Å².